The fraction of sp³-hybridized carbons (Fsp3) is 0. The van der Waals surface area contributed by atoms with E-state index in [1.165, 1.54) is 11.3 Å². The number of rotatable bonds is 1. The van der Waals surface area contributed by atoms with Crippen LogP contribution in [0.5, 0.6) is 0 Å². The number of halogens is 2. The summed E-state index contributed by atoms with van der Waals surface area (Å²) in [6.07, 6.45) is 0. The monoisotopic (exact) mass is 272 g/mol. The first-order chi connectivity index (χ1) is 5.97. The maximum absolute atomic E-state index is 10.9. The standard InChI is InChI=1S/C6H2Cl2O2S3/c7-5-1-3-4(11-5)2-6(12-3)13(8,9)10/h1-2H. The summed E-state index contributed by atoms with van der Waals surface area (Å²) in [7, 11) is 1.59. The molecule has 0 aliphatic heterocycles. The van der Waals surface area contributed by atoms with Crippen molar-refractivity contribution in [1.29, 1.82) is 0 Å². The molecular weight excluding hydrogens is 271 g/mol. The Bertz CT molecular complexity index is 520. The van der Waals surface area contributed by atoms with Crippen LogP contribution in [-0.4, -0.2) is 8.42 Å². The molecule has 2 heterocycles. The van der Waals surface area contributed by atoms with E-state index in [9.17, 15) is 8.42 Å². The van der Waals surface area contributed by atoms with Crippen molar-refractivity contribution in [1.82, 2.24) is 0 Å². The van der Waals surface area contributed by atoms with E-state index in [0.717, 1.165) is 20.7 Å². The SMILES string of the molecule is O=S(=O)(Cl)c1cc2sc(Cl)cc2s1. The average molecular weight is 273 g/mol. The predicted molar refractivity (Wildman–Crippen MR) is 57.8 cm³/mol. The van der Waals surface area contributed by atoms with E-state index in [2.05, 4.69) is 0 Å². The van der Waals surface area contributed by atoms with E-state index in [-0.39, 0.29) is 4.21 Å². The zero-order valence-corrected chi connectivity index (χ0v) is 9.91. The van der Waals surface area contributed by atoms with Crippen LogP contribution in [0, 0.1) is 0 Å². The number of hydrogen-bond acceptors (Lipinski definition) is 4. The summed E-state index contributed by atoms with van der Waals surface area (Å²) in [5, 5.41) is 0. The topological polar surface area (TPSA) is 34.1 Å². The van der Waals surface area contributed by atoms with E-state index in [4.69, 9.17) is 22.3 Å². The van der Waals surface area contributed by atoms with Gasteiger partial charge in [-0.05, 0) is 12.1 Å². The molecule has 0 unspecified atom stereocenters. The van der Waals surface area contributed by atoms with Gasteiger partial charge in [-0.2, -0.15) is 0 Å². The summed E-state index contributed by atoms with van der Waals surface area (Å²) in [5.74, 6) is 0. The highest BCUT2D eigenvalue weighted by Gasteiger charge is 2.15. The van der Waals surface area contributed by atoms with Crippen molar-refractivity contribution < 1.29 is 8.42 Å². The summed E-state index contributed by atoms with van der Waals surface area (Å²) < 4.78 is 24.4. The first-order valence-electron chi connectivity index (χ1n) is 3.10. The van der Waals surface area contributed by atoms with Gasteiger partial charge in [-0.3, -0.25) is 0 Å². The van der Waals surface area contributed by atoms with Gasteiger partial charge in [0.05, 0.1) is 4.34 Å². The molecule has 0 saturated heterocycles. The van der Waals surface area contributed by atoms with Crippen molar-refractivity contribution in [2.24, 2.45) is 0 Å². The number of hydrogen-bond donors (Lipinski definition) is 0. The van der Waals surface area contributed by atoms with Crippen LogP contribution in [0.25, 0.3) is 9.40 Å². The highest BCUT2D eigenvalue weighted by molar-refractivity contribution is 8.15. The molecule has 2 aromatic rings. The molecule has 0 radical (unpaired) electrons. The third-order valence-corrected chi connectivity index (χ3v) is 5.89. The Morgan fingerprint density at radius 3 is 2.31 bits per heavy atom. The van der Waals surface area contributed by atoms with Crippen LogP contribution in [0.2, 0.25) is 4.34 Å². The maximum atomic E-state index is 10.9. The largest absolute Gasteiger partial charge is 0.270 e. The van der Waals surface area contributed by atoms with Gasteiger partial charge in [0, 0.05) is 20.1 Å². The van der Waals surface area contributed by atoms with Crippen LogP contribution in [0.1, 0.15) is 0 Å². The van der Waals surface area contributed by atoms with Crippen LogP contribution < -0.4 is 0 Å². The lowest BCUT2D eigenvalue weighted by Crippen LogP contribution is -1.83. The van der Waals surface area contributed by atoms with Gasteiger partial charge in [-0.1, -0.05) is 11.6 Å². The second kappa shape index (κ2) is 3.10. The molecule has 0 atom stereocenters. The van der Waals surface area contributed by atoms with Crippen LogP contribution in [0.4, 0.5) is 0 Å². The molecule has 0 aliphatic carbocycles. The van der Waals surface area contributed by atoms with E-state index >= 15 is 0 Å². The molecule has 2 aromatic heterocycles. The smallest absolute Gasteiger partial charge is 0.206 e. The van der Waals surface area contributed by atoms with E-state index < -0.39 is 9.05 Å². The number of thiophene rings is 2. The summed E-state index contributed by atoms with van der Waals surface area (Å²) in [4.78, 5) is 0. The first kappa shape index (κ1) is 9.73. The van der Waals surface area contributed by atoms with Gasteiger partial charge in [0.1, 0.15) is 4.21 Å². The minimum Gasteiger partial charge on any atom is -0.206 e. The van der Waals surface area contributed by atoms with Crippen LogP contribution in [0.15, 0.2) is 16.3 Å². The first-order valence-corrected chi connectivity index (χ1v) is 7.42. The lowest BCUT2D eigenvalue weighted by Gasteiger charge is -1.84. The van der Waals surface area contributed by atoms with Crippen molar-refractivity contribution in [2.75, 3.05) is 0 Å². The summed E-state index contributed by atoms with van der Waals surface area (Å²) in [5.41, 5.74) is 0. The zero-order valence-electron chi connectivity index (χ0n) is 5.95. The van der Waals surface area contributed by atoms with Gasteiger partial charge >= 0.3 is 0 Å². The maximum Gasteiger partial charge on any atom is 0.270 e. The lowest BCUT2D eigenvalue weighted by molar-refractivity contribution is 0.611. The molecule has 0 aromatic carbocycles. The Hall–Kier alpha value is 0.190. The Balaban J connectivity index is 2.71. The molecule has 0 fully saturated rings. The van der Waals surface area contributed by atoms with Crippen molar-refractivity contribution in [3.8, 4) is 0 Å². The van der Waals surface area contributed by atoms with Gasteiger partial charge in [-0.25, -0.2) is 8.42 Å². The van der Waals surface area contributed by atoms with Crippen molar-refractivity contribution in [2.45, 2.75) is 4.21 Å². The zero-order chi connectivity index (χ0) is 9.64. The fourth-order valence-corrected chi connectivity index (χ4v) is 4.60. The molecule has 0 N–H and O–H groups in total. The second-order valence-electron chi connectivity index (χ2n) is 2.28. The Morgan fingerprint density at radius 1 is 1.15 bits per heavy atom. The van der Waals surface area contributed by atoms with Gasteiger partial charge in [0.15, 0.2) is 0 Å². The van der Waals surface area contributed by atoms with Gasteiger partial charge < -0.3 is 0 Å². The Kier molecular flexibility index (Phi) is 2.32. The van der Waals surface area contributed by atoms with E-state index in [1.807, 2.05) is 0 Å². The highest BCUT2D eigenvalue weighted by Crippen LogP contribution is 2.38. The molecule has 0 amide bonds. The van der Waals surface area contributed by atoms with Crippen molar-refractivity contribution in [3.63, 3.8) is 0 Å². The van der Waals surface area contributed by atoms with Crippen LogP contribution in [-0.2, 0) is 9.05 Å². The minimum atomic E-state index is -3.59. The Morgan fingerprint density at radius 2 is 1.77 bits per heavy atom. The van der Waals surface area contributed by atoms with Crippen molar-refractivity contribution >= 4 is 63.4 Å². The lowest BCUT2D eigenvalue weighted by atomic mass is 10.5. The molecule has 70 valence electrons. The molecule has 2 rings (SSSR count). The fourth-order valence-electron chi connectivity index (χ4n) is 0.904. The van der Waals surface area contributed by atoms with Crippen LogP contribution >= 0.6 is 45.0 Å². The second-order valence-corrected chi connectivity index (χ2v) is 7.87. The summed E-state index contributed by atoms with van der Waals surface area (Å²) >= 11 is 8.21. The molecule has 2 nitrogen and oxygen atoms in total. The molecule has 7 heteroatoms. The predicted octanol–water partition coefficient (Wildman–Crippen LogP) is 3.54. The molecule has 0 saturated carbocycles. The van der Waals surface area contributed by atoms with Crippen molar-refractivity contribution in [3.05, 3.63) is 16.5 Å². The molecule has 0 spiro atoms. The normalized spacial score (nSPS) is 12.5. The Labute approximate surface area is 92.1 Å². The van der Waals surface area contributed by atoms with E-state index in [0.29, 0.717) is 4.34 Å². The molecular formula is C6H2Cl2O2S3. The quantitative estimate of drug-likeness (QED) is 0.745. The summed E-state index contributed by atoms with van der Waals surface area (Å²) in [6.45, 7) is 0. The van der Waals surface area contributed by atoms with E-state index in [1.54, 1.807) is 12.1 Å². The van der Waals surface area contributed by atoms with Gasteiger partial charge in [0.25, 0.3) is 9.05 Å². The third-order valence-electron chi connectivity index (χ3n) is 1.39. The molecule has 13 heavy (non-hydrogen) atoms. The molecule has 0 aliphatic rings. The van der Waals surface area contributed by atoms with Gasteiger partial charge in [0.2, 0.25) is 0 Å². The van der Waals surface area contributed by atoms with Crippen LogP contribution in [0.3, 0.4) is 0 Å². The molecule has 0 bridgehead atoms. The highest BCUT2D eigenvalue weighted by atomic mass is 35.7. The summed E-state index contributed by atoms with van der Waals surface area (Å²) in [6, 6.07) is 3.27. The average Bonchev–Trinajstić information content (AvgIpc) is 2.40. The number of fused-ring (bicyclic) bond motifs is 1. The van der Waals surface area contributed by atoms with Gasteiger partial charge in [-0.15, -0.1) is 22.7 Å². The third kappa shape index (κ3) is 1.85. The minimum absolute atomic E-state index is 0.173.